The molecule has 184 valence electrons. The predicted molar refractivity (Wildman–Crippen MR) is 117 cm³/mol. The molecular formula is C17H24N10O7. The molecule has 0 aliphatic heterocycles. The second-order valence-corrected chi connectivity index (χ2v) is 6.72. The first-order valence-electron chi connectivity index (χ1n) is 9.81. The molecule has 4 aromatic heterocycles. The van der Waals surface area contributed by atoms with Gasteiger partial charge in [-0.05, 0) is 0 Å². The molecule has 9 N–H and O–H groups in total. The molecule has 0 bridgehead atoms. The lowest BCUT2D eigenvalue weighted by Crippen LogP contribution is -2.23. The van der Waals surface area contributed by atoms with E-state index in [9.17, 15) is 9.59 Å². The summed E-state index contributed by atoms with van der Waals surface area (Å²) in [5.41, 5.74) is 11.0. The van der Waals surface area contributed by atoms with E-state index in [1.165, 1.54) is 21.8 Å². The number of aliphatic hydroxyl groups excluding tert-OH is 3. The zero-order valence-electron chi connectivity index (χ0n) is 17.8. The number of nitrogen functional groups attached to an aromatic ring is 2. The summed E-state index contributed by atoms with van der Waals surface area (Å²) in [5, 5.41) is 26.3. The van der Waals surface area contributed by atoms with E-state index in [-0.39, 0.29) is 74.0 Å². The molecule has 0 atom stereocenters. The summed E-state index contributed by atoms with van der Waals surface area (Å²) in [5.74, 6) is 0.0107. The molecule has 0 amide bonds. The molecular weight excluding hydrogens is 456 g/mol. The van der Waals surface area contributed by atoms with Crippen molar-refractivity contribution in [2.45, 2.75) is 19.6 Å². The summed E-state index contributed by atoms with van der Waals surface area (Å²) >= 11 is 0. The largest absolute Gasteiger partial charge is 0.394 e. The van der Waals surface area contributed by atoms with E-state index in [0.29, 0.717) is 5.65 Å². The highest BCUT2D eigenvalue weighted by Crippen LogP contribution is 2.07. The number of anilines is 2. The number of aliphatic hydroxyl groups is 3. The Hall–Kier alpha value is -3.90. The molecule has 17 nitrogen and oxygen atoms in total. The third kappa shape index (κ3) is 5.71. The number of aromatic nitrogens is 8. The maximum absolute atomic E-state index is 11.5. The van der Waals surface area contributed by atoms with Crippen molar-refractivity contribution in [3.63, 3.8) is 0 Å². The molecule has 0 aromatic carbocycles. The van der Waals surface area contributed by atoms with Crippen molar-refractivity contribution in [3.05, 3.63) is 33.4 Å². The van der Waals surface area contributed by atoms with E-state index < -0.39 is 11.7 Å². The summed E-state index contributed by atoms with van der Waals surface area (Å²) in [6, 6.07) is 0. The number of nitrogens with one attached hydrogen (secondary N) is 2. The second-order valence-electron chi connectivity index (χ2n) is 6.72. The van der Waals surface area contributed by atoms with Crippen molar-refractivity contribution in [1.82, 2.24) is 39.0 Å². The van der Waals surface area contributed by atoms with Crippen molar-refractivity contribution >= 4 is 34.2 Å². The molecule has 17 heteroatoms. The summed E-state index contributed by atoms with van der Waals surface area (Å²) in [4.78, 5) is 43.3. The van der Waals surface area contributed by atoms with Gasteiger partial charge in [0.05, 0.1) is 39.1 Å². The molecule has 0 saturated carbocycles. The Morgan fingerprint density at radius 2 is 1.38 bits per heavy atom. The van der Waals surface area contributed by atoms with Crippen LogP contribution in [0.2, 0.25) is 0 Å². The van der Waals surface area contributed by atoms with Crippen molar-refractivity contribution in [2.24, 2.45) is 0 Å². The zero-order chi connectivity index (χ0) is 24.7. The normalized spacial score (nSPS) is 11.3. The fourth-order valence-corrected chi connectivity index (χ4v) is 2.71. The number of nitrogens with zero attached hydrogens (tertiary/aromatic N) is 6. The van der Waals surface area contributed by atoms with E-state index in [0.717, 1.165) is 0 Å². The maximum Gasteiger partial charge on any atom is 0.280 e. The van der Waals surface area contributed by atoms with Gasteiger partial charge in [0.15, 0.2) is 22.3 Å². The van der Waals surface area contributed by atoms with E-state index >= 15 is 0 Å². The Balaban J connectivity index is 0.000000192. The molecule has 4 heterocycles. The number of nitrogens with two attached hydrogens (primary N) is 2. The number of ether oxygens (including phenoxy) is 2. The molecule has 0 fully saturated rings. The molecule has 0 unspecified atom stereocenters. The van der Waals surface area contributed by atoms with E-state index in [4.69, 9.17) is 36.3 Å². The van der Waals surface area contributed by atoms with Crippen LogP contribution in [0.25, 0.3) is 22.3 Å². The van der Waals surface area contributed by atoms with Crippen molar-refractivity contribution in [3.8, 4) is 0 Å². The van der Waals surface area contributed by atoms with Crippen molar-refractivity contribution in [2.75, 3.05) is 37.9 Å². The van der Waals surface area contributed by atoms with Gasteiger partial charge in [0.1, 0.15) is 19.6 Å². The molecule has 0 saturated heterocycles. The Bertz CT molecular complexity index is 1340. The van der Waals surface area contributed by atoms with Crippen LogP contribution in [-0.4, -0.2) is 86.9 Å². The maximum atomic E-state index is 11.5. The average molecular weight is 480 g/mol. The van der Waals surface area contributed by atoms with Gasteiger partial charge < -0.3 is 36.3 Å². The monoisotopic (exact) mass is 480 g/mol. The average Bonchev–Trinajstić information content (AvgIpc) is 3.40. The van der Waals surface area contributed by atoms with Crippen molar-refractivity contribution in [1.29, 1.82) is 0 Å². The lowest BCUT2D eigenvalue weighted by atomic mass is 10.4. The SMILES string of the molecule is Nc1nc2c(ncn2COC(CO)CO)c(=O)[nH]1.Nc1nc2c(ncn2COCCO)c(=O)[nH]1. The van der Waals surface area contributed by atoms with Gasteiger partial charge in [-0.1, -0.05) is 0 Å². The van der Waals surface area contributed by atoms with E-state index in [2.05, 4.69) is 29.9 Å². The first-order chi connectivity index (χ1) is 16.4. The van der Waals surface area contributed by atoms with Crippen LogP contribution in [0.1, 0.15) is 0 Å². The molecule has 4 rings (SSSR count). The number of imidazole rings is 2. The molecule has 4 aromatic rings. The van der Waals surface area contributed by atoms with Crippen LogP contribution in [0.15, 0.2) is 22.2 Å². The van der Waals surface area contributed by atoms with Gasteiger partial charge in [0.2, 0.25) is 11.9 Å². The quantitative estimate of drug-likeness (QED) is 0.116. The Kier molecular flexibility index (Phi) is 8.22. The Labute approximate surface area is 189 Å². The highest BCUT2D eigenvalue weighted by molar-refractivity contribution is 5.71. The number of aromatic amines is 2. The summed E-state index contributed by atoms with van der Waals surface area (Å²) in [7, 11) is 0. The van der Waals surface area contributed by atoms with Crippen molar-refractivity contribution < 1.29 is 24.8 Å². The van der Waals surface area contributed by atoms with Gasteiger partial charge in [-0.15, -0.1) is 0 Å². The first-order valence-corrected chi connectivity index (χ1v) is 9.81. The van der Waals surface area contributed by atoms with Gasteiger partial charge in [-0.3, -0.25) is 28.7 Å². The highest BCUT2D eigenvalue weighted by atomic mass is 16.5. The smallest absolute Gasteiger partial charge is 0.280 e. The highest BCUT2D eigenvalue weighted by Gasteiger charge is 2.12. The predicted octanol–water partition coefficient (Wildman–Crippen LogP) is -3.30. The van der Waals surface area contributed by atoms with Gasteiger partial charge in [0, 0.05) is 0 Å². The third-order valence-electron chi connectivity index (χ3n) is 4.31. The number of hydrogen-bond acceptors (Lipinski definition) is 13. The minimum absolute atomic E-state index is 0.00181. The van der Waals surface area contributed by atoms with Crippen LogP contribution >= 0.6 is 0 Å². The number of rotatable bonds is 9. The molecule has 0 aliphatic rings. The Morgan fingerprint density at radius 3 is 1.85 bits per heavy atom. The molecule has 0 radical (unpaired) electrons. The lowest BCUT2D eigenvalue weighted by molar-refractivity contribution is -0.0488. The van der Waals surface area contributed by atoms with Crippen LogP contribution < -0.4 is 22.6 Å². The Morgan fingerprint density at radius 1 is 0.882 bits per heavy atom. The number of hydrogen-bond donors (Lipinski definition) is 7. The topological polar surface area (TPSA) is 258 Å². The fraction of sp³-hybridized carbons (Fsp3) is 0.412. The summed E-state index contributed by atoms with van der Waals surface area (Å²) in [6.45, 7) is -0.315. The van der Waals surface area contributed by atoms with E-state index in [1.54, 1.807) is 0 Å². The third-order valence-corrected chi connectivity index (χ3v) is 4.31. The van der Waals surface area contributed by atoms with Crippen LogP contribution in [-0.2, 0) is 22.9 Å². The summed E-state index contributed by atoms with van der Waals surface area (Å²) in [6.07, 6.45) is 2.11. The van der Waals surface area contributed by atoms with Gasteiger partial charge in [-0.25, -0.2) is 9.97 Å². The van der Waals surface area contributed by atoms with Gasteiger partial charge in [0.25, 0.3) is 11.1 Å². The number of H-pyrrole nitrogens is 2. The van der Waals surface area contributed by atoms with Crippen LogP contribution in [0.4, 0.5) is 11.9 Å². The first kappa shape index (κ1) is 24.7. The van der Waals surface area contributed by atoms with Crippen LogP contribution in [0, 0.1) is 0 Å². The molecule has 0 aliphatic carbocycles. The minimum Gasteiger partial charge on any atom is -0.394 e. The van der Waals surface area contributed by atoms with Crippen LogP contribution in [0.5, 0.6) is 0 Å². The van der Waals surface area contributed by atoms with Gasteiger partial charge >= 0.3 is 0 Å². The van der Waals surface area contributed by atoms with Crippen LogP contribution in [0.3, 0.4) is 0 Å². The minimum atomic E-state index is -0.693. The molecule has 34 heavy (non-hydrogen) atoms. The standard InChI is InChI=1S/C9H13N5O4.C8H11N5O3/c10-9-12-7-6(8(17)13-9)11-3-14(7)4-18-5(1-15)2-16;9-8-11-6-5(7(15)12-8)10-3-13(6)4-16-2-1-14/h3,5,15-16H,1-2,4H2,(H3,10,12,13,17);3,14H,1-2,4H2,(H3,9,11,12,15). The molecule has 0 spiro atoms. The fourth-order valence-electron chi connectivity index (χ4n) is 2.71. The summed E-state index contributed by atoms with van der Waals surface area (Å²) < 4.78 is 13.3. The van der Waals surface area contributed by atoms with E-state index in [1.807, 2.05) is 0 Å². The number of fused-ring (bicyclic) bond motifs is 2. The van der Waals surface area contributed by atoms with Gasteiger partial charge in [-0.2, -0.15) is 9.97 Å². The lowest BCUT2D eigenvalue weighted by Gasteiger charge is -2.12. The second kappa shape index (κ2) is 11.3. The zero-order valence-corrected chi connectivity index (χ0v) is 17.8.